The van der Waals surface area contributed by atoms with Crippen molar-refractivity contribution in [3.8, 4) is 5.88 Å². The number of aryl methyl sites for hydroxylation is 1. The van der Waals surface area contributed by atoms with Gasteiger partial charge in [0.2, 0.25) is 5.88 Å². The van der Waals surface area contributed by atoms with Crippen LogP contribution >= 0.6 is 0 Å². The molecule has 1 aromatic heterocycles. The summed E-state index contributed by atoms with van der Waals surface area (Å²) in [4.78, 5) is 15.2. The third-order valence-electron chi connectivity index (χ3n) is 2.78. The van der Waals surface area contributed by atoms with Gasteiger partial charge in [0.05, 0.1) is 13.0 Å². The number of carboxylic acids is 1. The van der Waals surface area contributed by atoms with E-state index in [9.17, 15) is 4.79 Å². The summed E-state index contributed by atoms with van der Waals surface area (Å²) >= 11 is 0. The van der Waals surface area contributed by atoms with E-state index in [-0.39, 0.29) is 5.92 Å². The second-order valence-electron chi connectivity index (χ2n) is 3.86. The monoisotopic (exact) mass is 207 g/mol. The van der Waals surface area contributed by atoms with E-state index in [1.807, 2.05) is 13.0 Å². The van der Waals surface area contributed by atoms with Crippen molar-refractivity contribution in [2.24, 2.45) is 5.92 Å². The number of carboxylic acid groups (broad SMARTS) is 1. The van der Waals surface area contributed by atoms with Gasteiger partial charge in [-0.1, -0.05) is 0 Å². The van der Waals surface area contributed by atoms with Gasteiger partial charge in [-0.2, -0.15) is 0 Å². The number of nitrogens with zero attached hydrogens (tertiary/aromatic N) is 1. The van der Waals surface area contributed by atoms with Crippen LogP contribution in [0.5, 0.6) is 5.88 Å². The molecule has 1 aliphatic rings. The molecule has 2 rings (SSSR count). The van der Waals surface area contributed by atoms with Crippen molar-refractivity contribution in [3.05, 3.63) is 22.9 Å². The minimum Gasteiger partial charge on any atom is -0.481 e. The van der Waals surface area contributed by atoms with Crippen molar-refractivity contribution >= 4 is 5.97 Å². The molecule has 0 aliphatic heterocycles. The van der Waals surface area contributed by atoms with Crippen molar-refractivity contribution in [1.82, 2.24) is 4.98 Å². The molecule has 0 saturated carbocycles. The molecule has 0 fully saturated rings. The van der Waals surface area contributed by atoms with Gasteiger partial charge in [0.25, 0.3) is 0 Å². The van der Waals surface area contributed by atoms with Crippen LogP contribution < -0.4 is 4.74 Å². The van der Waals surface area contributed by atoms with E-state index in [0.717, 1.165) is 16.8 Å². The minimum absolute atomic E-state index is 0.320. The average Bonchev–Trinajstić information content (AvgIpc) is 2.59. The van der Waals surface area contributed by atoms with Crippen molar-refractivity contribution in [2.45, 2.75) is 19.8 Å². The lowest BCUT2D eigenvalue weighted by Crippen LogP contribution is -2.13. The van der Waals surface area contributed by atoms with E-state index < -0.39 is 5.97 Å². The van der Waals surface area contributed by atoms with Gasteiger partial charge < -0.3 is 9.84 Å². The highest BCUT2D eigenvalue weighted by atomic mass is 16.5. The van der Waals surface area contributed by atoms with Gasteiger partial charge in [0, 0.05) is 17.7 Å². The first-order valence-corrected chi connectivity index (χ1v) is 4.88. The van der Waals surface area contributed by atoms with Crippen molar-refractivity contribution in [2.75, 3.05) is 7.11 Å². The molecule has 80 valence electrons. The summed E-state index contributed by atoms with van der Waals surface area (Å²) in [5, 5.41) is 8.92. The van der Waals surface area contributed by atoms with Crippen LogP contribution in [0.25, 0.3) is 0 Å². The predicted molar refractivity (Wildman–Crippen MR) is 54.1 cm³/mol. The fourth-order valence-corrected chi connectivity index (χ4v) is 1.99. The molecule has 0 spiro atoms. The van der Waals surface area contributed by atoms with Gasteiger partial charge in [-0.05, 0) is 25.0 Å². The Balaban J connectivity index is 2.35. The summed E-state index contributed by atoms with van der Waals surface area (Å²) in [5.41, 5.74) is 2.87. The molecule has 0 radical (unpaired) electrons. The molecule has 4 nitrogen and oxygen atoms in total. The number of aliphatic carboxylic acids is 1. The number of fused-ring (bicyclic) bond motifs is 1. The molecule has 1 N–H and O–H groups in total. The number of pyridine rings is 1. The SMILES string of the molecule is COc1nc2c(cc1C)CC(C(=O)O)C2. The van der Waals surface area contributed by atoms with Gasteiger partial charge in [-0.25, -0.2) is 4.98 Å². The topological polar surface area (TPSA) is 59.4 Å². The zero-order chi connectivity index (χ0) is 11.0. The van der Waals surface area contributed by atoms with E-state index in [1.165, 1.54) is 0 Å². The molecular weight excluding hydrogens is 194 g/mol. The average molecular weight is 207 g/mol. The van der Waals surface area contributed by atoms with Gasteiger partial charge in [-0.15, -0.1) is 0 Å². The Labute approximate surface area is 87.9 Å². The van der Waals surface area contributed by atoms with Crippen LogP contribution in [-0.4, -0.2) is 23.2 Å². The molecule has 0 aromatic carbocycles. The van der Waals surface area contributed by atoms with Crippen molar-refractivity contribution in [3.63, 3.8) is 0 Å². The second kappa shape index (κ2) is 3.53. The Hall–Kier alpha value is -1.58. The lowest BCUT2D eigenvalue weighted by atomic mass is 10.1. The van der Waals surface area contributed by atoms with Crippen LogP contribution in [0.15, 0.2) is 6.07 Å². The maximum atomic E-state index is 10.9. The van der Waals surface area contributed by atoms with Gasteiger partial charge in [-0.3, -0.25) is 4.79 Å². The fraction of sp³-hybridized carbons (Fsp3) is 0.455. The van der Waals surface area contributed by atoms with Crippen LogP contribution in [0.2, 0.25) is 0 Å². The van der Waals surface area contributed by atoms with E-state index in [4.69, 9.17) is 9.84 Å². The zero-order valence-corrected chi connectivity index (χ0v) is 8.78. The number of ether oxygens (including phenoxy) is 1. The molecule has 1 aromatic rings. The lowest BCUT2D eigenvalue weighted by Gasteiger charge is -2.05. The highest BCUT2D eigenvalue weighted by molar-refractivity contribution is 5.72. The van der Waals surface area contributed by atoms with E-state index in [0.29, 0.717) is 18.7 Å². The fourth-order valence-electron chi connectivity index (χ4n) is 1.99. The number of hydrogen-bond donors (Lipinski definition) is 1. The molecule has 0 saturated heterocycles. The highest BCUT2D eigenvalue weighted by Crippen LogP contribution is 2.29. The summed E-state index contributed by atoms with van der Waals surface area (Å²) in [6.45, 7) is 1.92. The predicted octanol–water partition coefficient (Wildman–Crippen LogP) is 1.20. The van der Waals surface area contributed by atoms with Crippen LogP contribution in [0, 0.1) is 12.8 Å². The quantitative estimate of drug-likeness (QED) is 0.791. The first-order valence-electron chi connectivity index (χ1n) is 4.88. The van der Waals surface area contributed by atoms with Gasteiger partial charge in [0.1, 0.15) is 0 Å². The number of methoxy groups -OCH3 is 1. The standard InChI is InChI=1S/C11H13NO3/c1-6-3-7-4-8(11(13)14)5-9(7)12-10(6)15-2/h3,8H,4-5H2,1-2H3,(H,13,14). The van der Waals surface area contributed by atoms with Gasteiger partial charge in [0.15, 0.2) is 0 Å². The number of hydrogen-bond acceptors (Lipinski definition) is 3. The summed E-state index contributed by atoms with van der Waals surface area (Å²) < 4.78 is 5.11. The molecule has 1 unspecified atom stereocenters. The Kier molecular flexibility index (Phi) is 2.34. The second-order valence-corrected chi connectivity index (χ2v) is 3.86. The summed E-state index contributed by atoms with van der Waals surface area (Å²) in [7, 11) is 1.57. The summed E-state index contributed by atoms with van der Waals surface area (Å²) in [6.07, 6.45) is 1.10. The van der Waals surface area contributed by atoms with Gasteiger partial charge >= 0.3 is 5.97 Å². The van der Waals surface area contributed by atoms with Crippen LogP contribution in [0.1, 0.15) is 16.8 Å². The lowest BCUT2D eigenvalue weighted by molar-refractivity contribution is -0.141. The molecule has 1 aliphatic carbocycles. The van der Waals surface area contributed by atoms with Crippen LogP contribution in [0.4, 0.5) is 0 Å². The molecule has 0 bridgehead atoms. The Morgan fingerprint density at radius 2 is 2.33 bits per heavy atom. The molecule has 1 heterocycles. The van der Waals surface area contributed by atoms with E-state index >= 15 is 0 Å². The number of carbonyl (C=O) groups is 1. The van der Waals surface area contributed by atoms with E-state index in [2.05, 4.69) is 4.98 Å². The summed E-state index contributed by atoms with van der Waals surface area (Å²) in [6, 6.07) is 1.98. The third-order valence-corrected chi connectivity index (χ3v) is 2.78. The maximum absolute atomic E-state index is 10.9. The smallest absolute Gasteiger partial charge is 0.307 e. The molecular formula is C11H13NO3. The first-order chi connectivity index (χ1) is 7.11. The Bertz CT molecular complexity index is 415. The third kappa shape index (κ3) is 1.67. The highest BCUT2D eigenvalue weighted by Gasteiger charge is 2.29. The number of aromatic nitrogens is 1. The molecule has 4 heteroatoms. The first kappa shape index (κ1) is 9.96. The Morgan fingerprint density at radius 3 is 2.93 bits per heavy atom. The summed E-state index contributed by atoms with van der Waals surface area (Å²) in [5.74, 6) is -0.469. The molecule has 15 heavy (non-hydrogen) atoms. The largest absolute Gasteiger partial charge is 0.481 e. The normalized spacial score (nSPS) is 18.7. The number of rotatable bonds is 2. The molecule has 0 amide bonds. The maximum Gasteiger partial charge on any atom is 0.307 e. The zero-order valence-electron chi connectivity index (χ0n) is 8.78. The van der Waals surface area contributed by atoms with Crippen LogP contribution in [-0.2, 0) is 17.6 Å². The minimum atomic E-state index is -0.746. The van der Waals surface area contributed by atoms with Crippen molar-refractivity contribution < 1.29 is 14.6 Å². The molecule has 1 atom stereocenters. The van der Waals surface area contributed by atoms with E-state index in [1.54, 1.807) is 7.11 Å². The van der Waals surface area contributed by atoms with Crippen LogP contribution in [0.3, 0.4) is 0 Å². The van der Waals surface area contributed by atoms with Crippen molar-refractivity contribution in [1.29, 1.82) is 0 Å². The Morgan fingerprint density at radius 1 is 1.60 bits per heavy atom.